The van der Waals surface area contributed by atoms with Crippen LogP contribution in [0.25, 0.3) is 0 Å². The maximum absolute atomic E-state index is 8.85. The Hall–Kier alpha value is -3.18. The van der Waals surface area contributed by atoms with Crippen molar-refractivity contribution in [2.75, 3.05) is 42.2 Å². The smallest absolute Gasteiger partial charge is 0.158 e. The summed E-state index contributed by atoms with van der Waals surface area (Å²) in [4.78, 5) is 17.4. The fourth-order valence-corrected chi connectivity index (χ4v) is 3.51. The molecule has 8 nitrogen and oxygen atoms in total. The number of likely N-dealkylation sites (tertiary alicyclic amines) is 1. The Morgan fingerprint density at radius 3 is 2.57 bits per heavy atom. The molecule has 1 saturated heterocycles. The van der Waals surface area contributed by atoms with Gasteiger partial charge in [0.2, 0.25) is 0 Å². The molecular weight excluding hydrogens is 352 g/mol. The van der Waals surface area contributed by atoms with Crippen LogP contribution in [-0.4, -0.2) is 52.6 Å². The topological polar surface area (TPSA) is 93.0 Å². The van der Waals surface area contributed by atoms with Crippen LogP contribution in [0.3, 0.4) is 0 Å². The molecule has 4 rings (SSSR count). The minimum Gasteiger partial charge on any atom is -0.380 e. The largest absolute Gasteiger partial charge is 0.380 e. The van der Waals surface area contributed by atoms with E-state index in [1.807, 2.05) is 18.3 Å². The summed E-state index contributed by atoms with van der Waals surface area (Å²) in [7, 11) is 2.17. The van der Waals surface area contributed by atoms with Gasteiger partial charge in [-0.05, 0) is 39.4 Å². The van der Waals surface area contributed by atoms with E-state index in [0.717, 1.165) is 50.3 Å². The predicted molar refractivity (Wildman–Crippen MR) is 110 cm³/mol. The van der Waals surface area contributed by atoms with E-state index in [2.05, 4.69) is 54.7 Å². The standard InChI is InChI=1S/C20H24N8/c1-27-8-4-15(5-9-27)25-17-10-19(24-13-18(17)28-6-2-3-7-28)26-20-14-22-16(11-21)12-23-20/h2,6,10,12-15H,3-5,7-9H2,1H3,(H2,23,24,25,26). The van der Waals surface area contributed by atoms with Crippen molar-refractivity contribution in [1.82, 2.24) is 19.9 Å². The Bertz CT molecular complexity index is 878. The van der Waals surface area contributed by atoms with E-state index < -0.39 is 0 Å². The molecule has 144 valence electrons. The summed E-state index contributed by atoms with van der Waals surface area (Å²) in [6.45, 7) is 3.18. The van der Waals surface area contributed by atoms with Crippen molar-refractivity contribution in [2.24, 2.45) is 0 Å². The second-order valence-electron chi connectivity index (χ2n) is 7.20. The number of nitriles is 1. The lowest BCUT2D eigenvalue weighted by molar-refractivity contribution is 0.264. The highest BCUT2D eigenvalue weighted by atomic mass is 15.2. The summed E-state index contributed by atoms with van der Waals surface area (Å²) >= 11 is 0. The van der Waals surface area contributed by atoms with Crippen LogP contribution in [0.15, 0.2) is 36.9 Å². The van der Waals surface area contributed by atoms with Gasteiger partial charge < -0.3 is 20.4 Å². The van der Waals surface area contributed by atoms with Crippen molar-refractivity contribution in [3.8, 4) is 6.07 Å². The van der Waals surface area contributed by atoms with Gasteiger partial charge in [0, 0.05) is 24.9 Å². The second kappa shape index (κ2) is 8.23. The molecule has 2 aromatic heterocycles. The van der Waals surface area contributed by atoms with Gasteiger partial charge in [-0.1, -0.05) is 6.08 Å². The average Bonchev–Trinajstić information content (AvgIpc) is 3.25. The summed E-state index contributed by atoms with van der Waals surface area (Å²) in [5.41, 5.74) is 2.45. The molecule has 2 N–H and O–H groups in total. The lowest BCUT2D eigenvalue weighted by atomic mass is 10.1. The van der Waals surface area contributed by atoms with E-state index in [0.29, 0.717) is 23.4 Å². The molecule has 4 heterocycles. The summed E-state index contributed by atoms with van der Waals surface area (Å²) < 4.78 is 0. The molecule has 0 atom stereocenters. The molecule has 2 aliphatic heterocycles. The zero-order valence-corrected chi connectivity index (χ0v) is 16.0. The molecule has 0 spiro atoms. The average molecular weight is 376 g/mol. The summed E-state index contributed by atoms with van der Waals surface area (Å²) in [5.74, 6) is 1.26. The molecule has 0 saturated carbocycles. The normalized spacial score (nSPS) is 17.5. The molecule has 2 aromatic rings. The van der Waals surface area contributed by atoms with E-state index >= 15 is 0 Å². The van der Waals surface area contributed by atoms with Crippen LogP contribution in [-0.2, 0) is 0 Å². The van der Waals surface area contributed by atoms with Gasteiger partial charge in [0.05, 0.1) is 30.0 Å². The monoisotopic (exact) mass is 376 g/mol. The van der Waals surface area contributed by atoms with Crippen molar-refractivity contribution in [3.63, 3.8) is 0 Å². The minimum atomic E-state index is 0.291. The highest BCUT2D eigenvalue weighted by Gasteiger charge is 2.20. The van der Waals surface area contributed by atoms with Gasteiger partial charge in [0.1, 0.15) is 17.7 Å². The number of anilines is 4. The lowest BCUT2D eigenvalue weighted by Crippen LogP contribution is -2.37. The molecule has 0 bridgehead atoms. The number of piperidine rings is 1. The van der Waals surface area contributed by atoms with E-state index in [1.165, 1.54) is 6.20 Å². The first kappa shape index (κ1) is 18.2. The van der Waals surface area contributed by atoms with Crippen LogP contribution in [0.1, 0.15) is 25.0 Å². The Morgan fingerprint density at radius 2 is 1.89 bits per heavy atom. The van der Waals surface area contributed by atoms with Crippen LogP contribution in [0, 0.1) is 11.3 Å². The predicted octanol–water partition coefficient (Wildman–Crippen LogP) is 2.72. The first-order valence-corrected chi connectivity index (χ1v) is 9.59. The maximum Gasteiger partial charge on any atom is 0.158 e. The third kappa shape index (κ3) is 4.21. The SMILES string of the molecule is CN1CCC(Nc2cc(Nc3cnc(C#N)cn3)ncc2N2C=CCC2)CC1. The van der Waals surface area contributed by atoms with E-state index in [1.54, 1.807) is 6.20 Å². The number of hydrogen-bond acceptors (Lipinski definition) is 8. The first-order valence-electron chi connectivity index (χ1n) is 9.59. The molecular formula is C20H24N8. The van der Waals surface area contributed by atoms with Crippen molar-refractivity contribution >= 4 is 23.0 Å². The van der Waals surface area contributed by atoms with Crippen molar-refractivity contribution in [3.05, 3.63) is 42.6 Å². The summed E-state index contributed by atoms with van der Waals surface area (Å²) in [6, 6.07) is 4.45. The molecule has 28 heavy (non-hydrogen) atoms. The maximum atomic E-state index is 8.85. The number of aromatic nitrogens is 3. The summed E-state index contributed by atoms with van der Waals surface area (Å²) in [6.07, 6.45) is 12.5. The number of nitrogens with one attached hydrogen (secondary N) is 2. The van der Waals surface area contributed by atoms with Crippen LogP contribution in [0.4, 0.5) is 23.0 Å². The fourth-order valence-electron chi connectivity index (χ4n) is 3.51. The third-order valence-corrected chi connectivity index (χ3v) is 5.12. The molecule has 1 fully saturated rings. The van der Waals surface area contributed by atoms with Gasteiger partial charge in [-0.2, -0.15) is 5.26 Å². The van der Waals surface area contributed by atoms with Crippen LogP contribution in [0.5, 0.6) is 0 Å². The van der Waals surface area contributed by atoms with Crippen molar-refractivity contribution in [1.29, 1.82) is 5.26 Å². The van der Waals surface area contributed by atoms with Gasteiger partial charge in [0.25, 0.3) is 0 Å². The van der Waals surface area contributed by atoms with Gasteiger partial charge >= 0.3 is 0 Å². The van der Waals surface area contributed by atoms with Gasteiger partial charge in [-0.15, -0.1) is 0 Å². The highest BCUT2D eigenvalue weighted by molar-refractivity contribution is 5.75. The first-order chi connectivity index (χ1) is 13.7. The zero-order valence-electron chi connectivity index (χ0n) is 16.0. The molecule has 8 heteroatoms. The number of nitrogens with zero attached hydrogens (tertiary/aromatic N) is 6. The third-order valence-electron chi connectivity index (χ3n) is 5.12. The van der Waals surface area contributed by atoms with Crippen LogP contribution in [0.2, 0.25) is 0 Å². The Balaban J connectivity index is 1.56. The zero-order chi connectivity index (χ0) is 19.3. The Morgan fingerprint density at radius 1 is 1.07 bits per heavy atom. The lowest BCUT2D eigenvalue weighted by Gasteiger charge is -2.31. The van der Waals surface area contributed by atoms with Crippen LogP contribution < -0.4 is 15.5 Å². The minimum absolute atomic E-state index is 0.291. The Labute approximate surface area is 164 Å². The van der Waals surface area contributed by atoms with Crippen LogP contribution >= 0.6 is 0 Å². The summed E-state index contributed by atoms with van der Waals surface area (Å²) in [5, 5.41) is 15.8. The number of rotatable bonds is 5. The second-order valence-corrected chi connectivity index (χ2v) is 7.20. The molecule has 0 unspecified atom stereocenters. The van der Waals surface area contributed by atoms with Crippen molar-refractivity contribution < 1.29 is 0 Å². The quantitative estimate of drug-likeness (QED) is 0.823. The van der Waals surface area contributed by atoms with E-state index in [-0.39, 0.29) is 0 Å². The molecule has 2 aliphatic rings. The van der Waals surface area contributed by atoms with Gasteiger partial charge in [-0.25, -0.2) is 15.0 Å². The Kier molecular flexibility index (Phi) is 5.35. The fraction of sp³-hybridized carbons (Fsp3) is 0.400. The number of hydrogen-bond donors (Lipinski definition) is 2. The van der Waals surface area contributed by atoms with E-state index in [4.69, 9.17) is 5.26 Å². The number of pyridine rings is 1. The molecule has 0 radical (unpaired) electrons. The molecule has 0 amide bonds. The van der Waals surface area contributed by atoms with Gasteiger partial charge in [0.15, 0.2) is 5.69 Å². The molecule has 0 aliphatic carbocycles. The van der Waals surface area contributed by atoms with Gasteiger partial charge in [-0.3, -0.25) is 0 Å². The highest BCUT2D eigenvalue weighted by Crippen LogP contribution is 2.32. The van der Waals surface area contributed by atoms with Crippen molar-refractivity contribution in [2.45, 2.75) is 25.3 Å². The molecule has 0 aromatic carbocycles. The van der Waals surface area contributed by atoms with E-state index in [9.17, 15) is 0 Å².